The lowest BCUT2D eigenvalue weighted by molar-refractivity contribution is -0.593. The highest BCUT2D eigenvalue weighted by Gasteiger charge is 2.23. The minimum Gasteiger partial charge on any atom is -0.618 e. The Hall–Kier alpha value is -2.47. The van der Waals surface area contributed by atoms with Gasteiger partial charge >= 0.3 is 0 Å². The molecule has 0 radical (unpaired) electrons. The first kappa shape index (κ1) is 20.3. The lowest BCUT2D eigenvalue weighted by atomic mass is 10.1. The van der Waals surface area contributed by atoms with Gasteiger partial charge in [-0.15, -0.1) is 0 Å². The maximum absolute atomic E-state index is 13.0. The Labute approximate surface area is 177 Å². The Morgan fingerprint density at radius 2 is 1.79 bits per heavy atom. The molecule has 0 aliphatic rings. The topological polar surface area (TPSA) is 56.5 Å². The molecule has 0 atom stereocenters. The van der Waals surface area contributed by atoms with Crippen molar-refractivity contribution < 1.29 is 14.3 Å². The molecule has 0 aliphatic heterocycles. The molecule has 0 spiro atoms. The zero-order valence-electron chi connectivity index (χ0n) is 14.9. The van der Waals surface area contributed by atoms with Gasteiger partial charge in [-0.05, 0) is 36.4 Å². The molecule has 1 heterocycles. The molecule has 2 aromatic carbocycles. The molecule has 1 aromatic heterocycles. The molecular formula is C20H15Cl3N2O3. The molecule has 0 saturated carbocycles. The van der Waals surface area contributed by atoms with E-state index in [1.165, 1.54) is 30.3 Å². The minimum absolute atomic E-state index is 0.116. The third kappa shape index (κ3) is 3.87. The standard InChI is InChI=1S/C20H15Cl3N2O3/c1-24(17-5-3-4-6-18(17)28-2)20(26)12-7-8-15(22)14(9-12)19-16(23)10-13(21)11-25(19)27/h3-11H,1-2H3. The minimum atomic E-state index is -0.301. The summed E-state index contributed by atoms with van der Waals surface area (Å²) < 4.78 is 5.85. The molecule has 0 N–H and O–H groups in total. The largest absolute Gasteiger partial charge is 0.618 e. The summed E-state index contributed by atoms with van der Waals surface area (Å²) in [6.07, 6.45) is 1.18. The van der Waals surface area contributed by atoms with Gasteiger partial charge in [-0.3, -0.25) is 4.79 Å². The van der Waals surface area contributed by atoms with Gasteiger partial charge in [-0.2, -0.15) is 4.73 Å². The zero-order chi connectivity index (χ0) is 20.4. The molecule has 1 amide bonds. The summed E-state index contributed by atoms with van der Waals surface area (Å²) in [6, 6.07) is 13.3. The second-order valence-electron chi connectivity index (χ2n) is 5.91. The summed E-state index contributed by atoms with van der Waals surface area (Å²) in [4.78, 5) is 14.5. The van der Waals surface area contributed by atoms with Gasteiger partial charge < -0.3 is 14.8 Å². The molecule has 0 fully saturated rings. The van der Waals surface area contributed by atoms with Gasteiger partial charge in [0, 0.05) is 12.6 Å². The highest BCUT2D eigenvalue weighted by molar-refractivity contribution is 6.37. The Morgan fingerprint density at radius 1 is 1.07 bits per heavy atom. The second kappa shape index (κ2) is 8.27. The van der Waals surface area contributed by atoms with Crippen molar-refractivity contribution >= 4 is 46.4 Å². The molecule has 0 aliphatic carbocycles. The summed E-state index contributed by atoms with van der Waals surface area (Å²) >= 11 is 18.3. The predicted octanol–water partition coefficient (Wildman–Crippen LogP) is 5.23. The van der Waals surface area contributed by atoms with E-state index in [0.29, 0.717) is 27.3 Å². The quantitative estimate of drug-likeness (QED) is 0.415. The van der Waals surface area contributed by atoms with Gasteiger partial charge in [0.25, 0.3) is 5.91 Å². The average molecular weight is 438 g/mol. The summed E-state index contributed by atoms with van der Waals surface area (Å²) in [6.45, 7) is 0. The number of ether oxygens (including phenoxy) is 1. The van der Waals surface area contributed by atoms with Gasteiger partial charge in [0.2, 0.25) is 5.69 Å². The van der Waals surface area contributed by atoms with E-state index in [9.17, 15) is 10.0 Å². The van der Waals surface area contributed by atoms with Crippen molar-refractivity contribution in [3.63, 3.8) is 0 Å². The van der Waals surface area contributed by atoms with Crippen LogP contribution in [-0.2, 0) is 0 Å². The van der Waals surface area contributed by atoms with E-state index in [1.807, 2.05) is 12.1 Å². The van der Waals surface area contributed by atoms with E-state index >= 15 is 0 Å². The fourth-order valence-corrected chi connectivity index (χ4v) is 3.57. The van der Waals surface area contributed by atoms with Crippen LogP contribution < -0.4 is 14.4 Å². The molecule has 0 unspecified atom stereocenters. The number of halogens is 3. The molecule has 5 nitrogen and oxygen atoms in total. The molecular weight excluding hydrogens is 423 g/mol. The first-order chi connectivity index (χ1) is 13.3. The third-order valence-electron chi connectivity index (χ3n) is 4.17. The number of aromatic nitrogens is 1. The van der Waals surface area contributed by atoms with Gasteiger partial charge in [0.05, 0.1) is 23.4 Å². The Morgan fingerprint density at radius 3 is 2.46 bits per heavy atom. The van der Waals surface area contributed by atoms with Crippen molar-refractivity contribution in [1.82, 2.24) is 0 Å². The van der Waals surface area contributed by atoms with Gasteiger partial charge in [0.1, 0.15) is 15.8 Å². The van der Waals surface area contributed by atoms with Crippen molar-refractivity contribution in [3.8, 4) is 17.0 Å². The van der Waals surface area contributed by atoms with Crippen molar-refractivity contribution in [2.45, 2.75) is 0 Å². The molecule has 8 heteroatoms. The first-order valence-electron chi connectivity index (χ1n) is 8.12. The molecule has 28 heavy (non-hydrogen) atoms. The van der Waals surface area contributed by atoms with E-state index < -0.39 is 0 Å². The number of hydrogen-bond donors (Lipinski definition) is 0. The fraction of sp³-hybridized carbons (Fsp3) is 0.100. The molecule has 0 saturated heterocycles. The number of methoxy groups -OCH3 is 1. The van der Waals surface area contributed by atoms with Crippen molar-refractivity contribution in [3.05, 3.63) is 80.6 Å². The van der Waals surface area contributed by atoms with Crippen LogP contribution in [0.5, 0.6) is 5.75 Å². The second-order valence-corrected chi connectivity index (χ2v) is 7.16. The normalized spacial score (nSPS) is 10.6. The van der Waals surface area contributed by atoms with Crippen molar-refractivity contribution in [2.75, 3.05) is 19.1 Å². The van der Waals surface area contributed by atoms with Crippen LogP contribution in [0.1, 0.15) is 10.4 Å². The van der Waals surface area contributed by atoms with Crippen LogP contribution in [0, 0.1) is 5.21 Å². The average Bonchev–Trinajstić information content (AvgIpc) is 2.67. The van der Waals surface area contributed by atoms with Crippen LogP contribution in [0.25, 0.3) is 11.3 Å². The number of carbonyl (C=O) groups excluding carboxylic acids is 1. The number of anilines is 1. The number of para-hydroxylation sites is 2. The summed E-state index contributed by atoms with van der Waals surface area (Å²) in [5.74, 6) is 0.260. The van der Waals surface area contributed by atoms with Crippen LogP contribution in [0.2, 0.25) is 15.1 Å². The highest BCUT2D eigenvalue weighted by Crippen LogP contribution is 2.34. The molecule has 0 bridgehead atoms. The maximum atomic E-state index is 13.0. The first-order valence-corrected chi connectivity index (χ1v) is 9.26. The Balaban J connectivity index is 2.06. The Kier molecular flexibility index (Phi) is 5.98. The van der Waals surface area contributed by atoms with E-state index in [1.54, 1.807) is 31.3 Å². The number of hydrogen-bond acceptors (Lipinski definition) is 3. The van der Waals surface area contributed by atoms with Crippen LogP contribution in [0.15, 0.2) is 54.7 Å². The van der Waals surface area contributed by atoms with Crippen LogP contribution in [0.3, 0.4) is 0 Å². The molecule has 144 valence electrons. The number of amides is 1. The number of carbonyl (C=O) groups is 1. The van der Waals surface area contributed by atoms with Gasteiger partial charge in [-0.25, -0.2) is 0 Å². The highest BCUT2D eigenvalue weighted by atomic mass is 35.5. The van der Waals surface area contributed by atoms with Gasteiger partial charge in [0.15, 0.2) is 6.20 Å². The lowest BCUT2D eigenvalue weighted by Crippen LogP contribution is -2.29. The van der Waals surface area contributed by atoms with Gasteiger partial charge in [-0.1, -0.05) is 46.9 Å². The van der Waals surface area contributed by atoms with Crippen LogP contribution in [0.4, 0.5) is 5.69 Å². The summed E-state index contributed by atoms with van der Waals surface area (Å²) in [5, 5.41) is 12.9. The Bertz CT molecular complexity index is 1030. The molecule has 3 rings (SSSR count). The van der Waals surface area contributed by atoms with Crippen molar-refractivity contribution in [1.29, 1.82) is 0 Å². The third-order valence-corrected chi connectivity index (χ3v) is 5.00. The SMILES string of the molecule is COc1ccccc1N(C)C(=O)c1ccc(Cl)c(-c2c(Cl)cc(Cl)c[n+]2[O-])c1. The van der Waals surface area contributed by atoms with Crippen LogP contribution >= 0.6 is 34.8 Å². The van der Waals surface area contributed by atoms with E-state index in [4.69, 9.17) is 39.5 Å². The number of benzene rings is 2. The maximum Gasteiger partial charge on any atom is 0.258 e. The smallest absolute Gasteiger partial charge is 0.258 e. The fourth-order valence-electron chi connectivity index (χ4n) is 2.81. The predicted molar refractivity (Wildman–Crippen MR) is 112 cm³/mol. The van der Waals surface area contributed by atoms with Crippen molar-refractivity contribution in [2.24, 2.45) is 0 Å². The number of nitrogens with zero attached hydrogens (tertiary/aromatic N) is 2. The van der Waals surface area contributed by atoms with E-state index in [2.05, 4.69) is 0 Å². The summed E-state index contributed by atoms with van der Waals surface area (Å²) in [5.41, 5.74) is 1.39. The zero-order valence-corrected chi connectivity index (χ0v) is 17.2. The van der Waals surface area contributed by atoms with E-state index in [0.717, 1.165) is 0 Å². The molecule has 3 aromatic rings. The van der Waals surface area contributed by atoms with Crippen LogP contribution in [-0.4, -0.2) is 20.1 Å². The van der Waals surface area contributed by atoms with E-state index in [-0.39, 0.29) is 26.7 Å². The lowest BCUT2D eigenvalue weighted by Gasteiger charge is -2.20. The summed E-state index contributed by atoms with van der Waals surface area (Å²) in [7, 11) is 3.17. The monoisotopic (exact) mass is 436 g/mol. The number of pyridine rings is 1. The number of rotatable bonds is 4.